The van der Waals surface area contributed by atoms with Gasteiger partial charge in [-0.25, -0.2) is 0 Å². The van der Waals surface area contributed by atoms with Crippen LogP contribution in [0.5, 0.6) is 0 Å². The van der Waals surface area contributed by atoms with E-state index in [0.717, 1.165) is 44.3 Å². The molecule has 0 amide bonds. The predicted molar refractivity (Wildman–Crippen MR) is 74.0 cm³/mol. The van der Waals surface area contributed by atoms with Gasteiger partial charge in [0, 0.05) is 39.3 Å². The second-order valence-electron chi connectivity index (χ2n) is 4.38. The zero-order valence-electron chi connectivity index (χ0n) is 10.3. The SMILES string of the molecule is CNCCN1CCN(c2ccccc2Cl)CC1. The van der Waals surface area contributed by atoms with E-state index in [1.165, 1.54) is 5.69 Å². The van der Waals surface area contributed by atoms with Gasteiger partial charge < -0.3 is 10.2 Å². The van der Waals surface area contributed by atoms with Gasteiger partial charge in [-0.1, -0.05) is 23.7 Å². The Morgan fingerprint density at radius 2 is 1.88 bits per heavy atom. The molecule has 1 saturated heterocycles. The monoisotopic (exact) mass is 253 g/mol. The minimum Gasteiger partial charge on any atom is -0.368 e. The van der Waals surface area contributed by atoms with Crippen molar-refractivity contribution in [1.82, 2.24) is 10.2 Å². The van der Waals surface area contributed by atoms with Crippen LogP contribution in [0, 0.1) is 0 Å². The lowest BCUT2D eigenvalue weighted by molar-refractivity contribution is 0.260. The fourth-order valence-corrected chi connectivity index (χ4v) is 2.45. The Hall–Kier alpha value is -0.770. The minimum absolute atomic E-state index is 0.858. The number of anilines is 1. The van der Waals surface area contributed by atoms with Crippen molar-refractivity contribution in [2.24, 2.45) is 0 Å². The molecule has 0 saturated carbocycles. The maximum atomic E-state index is 6.21. The summed E-state index contributed by atoms with van der Waals surface area (Å²) in [7, 11) is 2.00. The van der Waals surface area contributed by atoms with Gasteiger partial charge in [0.2, 0.25) is 0 Å². The molecule has 94 valence electrons. The summed E-state index contributed by atoms with van der Waals surface area (Å²) in [5.74, 6) is 0. The fraction of sp³-hybridized carbons (Fsp3) is 0.538. The van der Waals surface area contributed by atoms with Crippen LogP contribution in [0.1, 0.15) is 0 Å². The highest BCUT2D eigenvalue weighted by atomic mass is 35.5. The Morgan fingerprint density at radius 1 is 1.18 bits per heavy atom. The van der Waals surface area contributed by atoms with Gasteiger partial charge in [0.25, 0.3) is 0 Å². The first kappa shape index (κ1) is 12.7. The zero-order valence-corrected chi connectivity index (χ0v) is 11.1. The van der Waals surface area contributed by atoms with E-state index >= 15 is 0 Å². The third-order valence-electron chi connectivity index (χ3n) is 3.24. The molecule has 1 aliphatic heterocycles. The molecule has 1 aliphatic rings. The lowest BCUT2D eigenvalue weighted by Gasteiger charge is -2.36. The van der Waals surface area contributed by atoms with Crippen LogP contribution in [-0.4, -0.2) is 51.2 Å². The van der Waals surface area contributed by atoms with Crippen LogP contribution >= 0.6 is 11.6 Å². The minimum atomic E-state index is 0.858. The Morgan fingerprint density at radius 3 is 2.53 bits per heavy atom. The van der Waals surface area contributed by atoms with Crippen LogP contribution in [-0.2, 0) is 0 Å². The molecule has 0 aliphatic carbocycles. The maximum absolute atomic E-state index is 6.21. The van der Waals surface area contributed by atoms with Gasteiger partial charge in [0.15, 0.2) is 0 Å². The highest BCUT2D eigenvalue weighted by Crippen LogP contribution is 2.25. The molecule has 1 fully saturated rings. The first-order valence-corrected chi connectivity index (χ1v) is 6.55. The number of nitrogens with one attached hydrogen (secondary N) is 1. The molecule has 3 nitrogen and oxygen atoms in total. The van der Waals surface area contributed by atoms with Crippen molar-refractivity contribution in [3.63, 3.8) is 0 Å². The molecule has 1 aromatic rings. The molecular formula is C13H20ClN3. The number of rotatable bonds is 4. The number of halogens is 1. The van der Waals surface area contributed by atoms with Gasteiger partial charge in [-0.2, -0.15) is 0 Å². The highest BCUT2D eigenvalue weighted by Gasteiger charge is 2.17. The number of benzene rings is 1. The molecule has 0 bridgehead atoms. The normalized spacial score (nSPS) is 17.4. The van der Waals surface area contributed by atoms with Crippen LogP contribution in [0.25, 0.3) is 0 Å². The van der Waals surface area contributed by atoms with Gasteiger partial charge in [-0.05, 0) is 19.2 Å². The Bertz CT molecular complexity index is 348. The smallest absolute Gasteiger partial charge is 0.0639 e. The summed E-state index contributed by atoms with van der Waals surface area (Å²) < 4.78 is 0. The summed E-state index contributed by atoms with van der Waals surface area (Å²) >= 11 is 6.21. The summed E-state index contributed by atoms with van der Waals surface area (Å²) in [4.78, 5) is 4.86. The molecule has 1 aromatic carbocycles. The summed E-state index contributed by atoms with van der Waals surface area (Å²) in [6.45, 7) is 6.56. The van der Waals surface area contributed by atoms with Crippen molar-refractivity contribution in [1.29, 1.82) is 0 Å². The van der Waals surface area contributed by atoms with Gasteiger partial charge >= 0.3 is 0 Å². The topological polar surface area (TPSA) is 18.5 Å². The van der Waals surface area contributed by atoms with Gasteiger partial charge in [-0.15, -0.1) is 0 Å². The van der Waals surface area contributed by atoms with E-state index in [-0.39, 0.29) is 0 Å². The largest absolute Gasteiger partial charge is 0.368 e. The van der Waals surface area contributed by atoms with Crippen LogP contribution in [0.15, 0.2) is 24.3 Å². The quantitative estimate of drug-likeness (QED) is 0.881. The van der Waals surface area contributed by atoms with Crippen molar-refractivity contribution < 1.29 is 0 Å². The molecule has 4 heteroatoms. The number of likely N-dealkylation sites (N-methyl/N-ethyl adjacent to an activating group) is 1. The van der Waals surface area contributed by atoms with Crippen molar-refractivity contribution in [3.05, 3.63) is 29.3 Å². The molecule has 1 N–H and O–H groups in total. The summed E-state index contributed by atoms with van der Waals surface area (Å²) in [5.41, 5.74) is 1.17. The third-order valence-corrected chi connectivity index (χ3v) is 3.56. The molecule has 0 unspecified atom stereocenters. The molecule has 0 radical (unpaired) electrons. The fourth-order valence-electron chi connectivity index (χ4n) is 2.19. The van der Waals surface area contributed by atoms with E-state index in [4.69, 9.17) is 11.6 Å². The Kier molecular flexibility index (Phi) is 4.66. The van der Waals surface area contributed by atoms with E-state index in [1.54, 1.807) is 0 Å². The molecule has 1 heterocycles. The third kappa shape index (κ3) is 3.35. The van der Waals surface area contributed by atoms with Crippen LogP contribution in [0.2, 0.25) is 5.02 Å². The average molecular weight is 254 g/mol. The molecule has 0 atom stereocenters. The number of nitrogens with zero attached hydrogens (tertiary/aromatic N) is 2. The zero-order chi connectivity index (χ0) is 12.1. The van der Waals surface area contributed by atoms with Crippen LogP contribution in [0.3, 0.4) is 0 Å². The van der Waals surface area contributed by atoms with E-state index < -0.39 is 0 Å². The van der Waals surface area contributed by atoms with E-state index in [9.17, 15) is 0 Å². The standard InChI is InChI=1S/C13H20ClN3/c1-15-6-7-16-8-10-17(11-9-16)13-5-3-2-4-12(13)14/h2-5,15H,6-11H2,1H3. The lowest BCUT2D eigenvalue weighted by atomic mass is 10.2. The number of hydrogen-bond donors (Lipinski definition) is 1. The average Bonchev–Trinajstić information content (AvgIpc) is 2.38. The number of hydrogen-bond acceptors (Lipinski definition) is 3. The van der Waals surface area contributed by atoms with E-state index in [0.29, 0.717) is 0 Å². The molecule has 2 rings (SSSR count). The molecule has 0 spiro atoms. The van der Waals surface area contributed by atoms with Gasteiger partial charge in [0.1, 0.15) is 0 Å². The molecule has 17 heavy (non-hydrogen) atoms. The van der Waals surface area contributed by atoms with Crippen molar-refractivity contribution in [2.45, 2.75) is 0 Å². The van der Waals surface area contributed by atoms with E-state index in [2.05, 4.69) is 27.2 Å². The second kappa shape index (κ2) is 6.24. The van der Waals surface area contributed by atoms with Crippen LogP contribution in [0.4, 0.5) is 5.69 Å². The van der Waals surface area contributed by atoms with Crippen LogP contribution < -0.4 is 10.2 Å². The summed E-state index contributed by atoms with van der Waals surface area (Å²) in [6, 6.07) is 8.10. The lowest BCUT2D eigenvalue weighted by Crippen LogP contribution is -2.48. The van der Waals surface area contributed by atoms with Crippen molar-refractivity contribution in [2.75, 3.05) is 51.2 Å². The Balaban J connectivity index is 1.89. The van der Waals surface area contributed by atoms with Gasteiger partial charge in [0.05, 0.1) is 10.7 Å². The number of piperazine rings is 1. The highest BCUT2D eigenvalue weighted by molar-refractivity contribution is 6.33. The first-order valence-electron chi connectivity index (χ1n) is 6.17. The van der Waals surface area contributed by atoms with E-state index in [1.807, 2.05) is 19.2 Å². The molecular weight excluding hydrogens is 234 g/mol. The first-order chi connectivity index (χ1) is 8.31. The predicted octanol–water partition coefficient (Wildman–Crippen LogP) is 1.68. The summed E-state index contributed by atoms with van der Waals surface area (Å²) in [6.07, 6.45) is 0. The van der Waals surface area contributed by atoms with Crippen molar-refractivity contribution in [3.8, 4) is 0 Å². The second-order valence-corrected chi connectivity index (χ2v) is 4.79. The molecule has 0 aromatic heterocycles. The van der Waals surface area contributed by atoms with Crippen molar-refractivity contribution >= 4 is 17.3 Å². The maximum Gasteiger partial charge on any atom is 0.0639 e. The van der Waals surface area contributed by atoms with Gasteiger partial charge in [-0.3, -0.25) is 4.90 Å². The summed E-state index contributed by atoms with van der Waals surface area (Å²) in [5, 5.41) is 4.05. The number of para-hydroxylation sites is 1. The Labute approximate surface area is 108 Å².